The Hall–Kier alpha value is -4.01. The monoisotopic (exact) mass is 499 g/mol. The van der Waals surface area contributed by atoms with Gasteiger partial charge in [0, 0.05) is 55.1 Å². The zero-order valence-electron chi connectivity index (χ0n) is 20.4. The lowest BCUT2D eigenvalue weighted by molar-refractivity contribution is -0.127. The first kappa shape index (κ1) is 23.4. The summed E-state index contributed by atoms with van der Waals surface area (Å²) >= 11 is 0. The van der Waals surface area contributed by atoms with Crippen LogP contribution in [0.3, 0.4) is 0 Å². The van der Waals surface area contributed by atoms with Crippen molar-refractivity contribution in [1.82, 2.24) is 14.8 Å². The third-order valence-electron chi connectivity index (χ3n) is 6.89. The van der Waals surface area contributed by atoms with Crippen LogP contribution < -0.4 is 14.2 Å². The minimum absolute atomic E-state index is 0.0203. The molecule has 0 saturated carbocycles. The number of aromatic amines is 1. The maximum Gasteiger partial charge on any atom is 0.246 e. The number of para-hydroxylation sites is 1. The lowest BCUT2D eigenvalue weighted by atomic mass is 10.1. The summed E-state index contributed by atoms with van der Waals surface area (Å²) in [5, 5.41) is 12.8. The van der Waals surface area contributed by atoms with Crippen molar-refractivity contribution in [3.8, 4) is 17.2 Å². The number of ether oxygens (including phenoxy) is 3. The van der Waals surface area contributed by atoms with Crippen LogP contribution in [-0.4, -0.2) is 78.0 Å². The number of aliphatic hydroxyl groups excluding tert-OH is 1. The number of fused-ring (bicyclic) bond motifs is 4. The van der Waals surface area contributed by atoms with E-state index in [2.05, 4.69) is 16.0 Å². The van der Waals surface area contributed by atoms with Gasteiger partial charge in [0.25, 0.3) is 0 Å². The second-order valence-electron chi connectivity index (χ2n) is 9.39. The van der Waals surface area contributed by atoms with Crippen LogP contribution in [0.25, 0.3) is 27.9 Å². The lowest BCUT2D eigenvalue weighted by Crippen LogP contribution is -2.50. The van der Waals surface area contributed by atoms with Gasteiger partial charge in [-0.25, -0.2) is 0 Å². The molecule has 2 aliphatic rings. The van der Waals surface area contributed by atoms with Gasteiger partial charge in [0.2, 0.25) is 12.7 Å². The first-order valence-corrected chi connectivity index (χ1v) is 12.5. The van der Waals surface area contributed by atoms with E-state index in [1.54, 1.807) is 12.2 Å². The predicted molar refractivity (Wildman–Crippen MR) is 142 cm³/mol. The maximum atomic E-state index is 12.7. The smallest absolute Gasteiger partial charge is 0.246 e. The van der Waals surface area contributed by atoms with Gasteiger partial charge in [0.05, 0.1) is 5.52 Å². The number of carbonyl (C=O) groups is 1. The zero-order valence-corrected chi connectivity index (χ0v) is 20.4. The fourth-order valence-corrected chi connectivity index (χ4v) is 4.97. The van der Waals surface area contributed by atoms with Crippen LogP contribution >= 0.6 is 0 Å². The fourth-order valence-electron chi connectivity index (χ4n) is 4.97. The molecule has 1 aromatic heterocycles. The third-order valence-corrected chi connectivity index (χ3v) is 6.89. The van der Waals surface area contributed by atoms with Crippen LogP contribution in [0.5, 0.6) is 17.2 Å². The highest BCUT2D eigenvalue weighted by Gasteiger charge is 2.22. The van der Waals surface area contributed by atoms with Crippen LogP contribution in [0.2, 0.25) is 0 Å². The van der Waals surface area contributed by atoms with Gasteiger partial charge in [-0.1, -0.05) is 30.3 Å². The number of piperazine rings is 1. The van der Waals surface area contributed by atoms with Gasteiger partial charge in [-0.2, -0.15) is 0 Å². The highest BCUT2D eigenvalue weighted by atomic mass is 16.7. The number of hydrogen-bond acceptors (Lipinski definition) is 6. The van der Waals surface area contributed by atoms with E-state index in [9.17, 15) is 9.90 Å². The van der Waals surface area contributed by atoms with Crippen molar-refractivity contribution in [2.24, 2.45) is 0 Å². The summed E-state index contributed by atoms with van der Waals surface area (Å²) in [6.45, 7) is 3.58. The molecule has 37 heavy (non-hydrogen) atoms. The molecule has 8 heteroatoms. The summed E-state index contributed by atoms with van der Waals surface area (Å²) in [6.07, 6.45) is 2.77. The van der Waals surface area contributed by atoms with E-state index in [1.165, 1.54) is 0 Å². The second-order valence-corrected chi connectivity index (χ2v) is 9.39. The molecule has 8 nitrogen and oxygen atoms in total. The van der Waals surface area contributed by atoms with E-state index in [4.69, 9.17) is 14.2 Å². The fraction of sp³-hybridized carbons (Fsp3) is 0.276. The molecule has 1 fully saturated rings. The number of amides is 1. The Morgan fingerprint density at radius 2 is 1.81 bits per heavy atom. The Labute approximate surface area is 214 Å². The standard InChI is InChI=1S/C29H29N3O5/c33-21(18-35-26-7-3-6-24-29(26)22-4-1-2-5-23(22)30-24)17-31-12-14-32(15-13-31)28(34)11-9-20-8-10-25-27(16-20)37-19-36-25/h1-11,16,21,30,33H,12-15,17-19H2. The first-order chi connectivity index (χ1) is 18.1. The molecule has 4 aromatic rings. The van der Waals surface area contributed by atoms with Gasteiger partial charge >= 0.3 is 0 Å². The van der Waals surface area contributed by atoms with Crippen LogP contribution in [0.15, 0.2) is 66.7 Å². The molecule has 2 N–H and O–H groups in total. The van der Waals surface area contributed by atoms with Gasteiger partial charge in [-0.15, -0.1) is 0 Å². The van der Waals surface area contributed by atoms with Gasteiger partial charge < -0.3 is 29.2 Å². The summed E-state index contributed by atoms with van der Waals surface area (Å²) < 4.78 is 16.8. The number of carbonyl (C=O) groups excluding carboxylic acids is 1. The number of rotatable bonds is 7. The molecule has 0 bridgehead atoms. The van der Waals surface area contributed by atoms with Gasteiger partial charge in [-0.05, 0) is 42.0 Å². The number of hydrogen-bond donors (Lipinski definition) is 2. The van der Waals surface area contributed by atoms with Gasteiger partial charge in [-0.3, -0.25) is 9.69 Å². The molecule has 2 aliphatic heterocycles. The molecule has 3 aromatic carbocycles. The normalized spacial score (nSPS) is 16.6. The molecule has 1 atom stereocenters. The average molecular weight is 500 g/mol. The van der Waals surface area contributed by atoms with E-state index in [0.29, 0.717) is 38.5 Å². The summed E-state index contributed by atoms with van der Waals surface area (Å²) in [5.74, 6) is 2.16. The Bertz CT molecular complexity index is 1450. The Morgan fingerprint density at radius 3 is 2.70 bits per heavy atom. The third kappa shape index (κ3) is 4.98. The van der Waals surface area contributed by atoms with E-state index in [-0.39, 0.29) is 19.3 Å². The van der Waals surface area contributed by atoms with Crippen molar-refractivity contribution in [1.29, 1.82) is 0 Å². The summed E-state index contributed by atoms with van der Waals surface area (Å²) in [4.78, 5) is 20.1. The van der Waals surface area contributed by atoms with Crippen molar-refractivity contribution in [2.75, 3.05) is 46.1 Å². The number of benzene rings is 3. The van der Waals surface area contributed by atoms with Gasteiger partial charge in [0.1, 0.15) is 18.5 Å². The van der Waals surface area contributed by atoms with Crippen molar-refractivity contribution in [3.05, 3.63) is 72.3 Å². The lowest BCUT2D eigenvalue weighted by Gasteiger charge is -2.35. The molecular weight excluding hydrogens is 470 g/mol. The Balaban J connectivity index is 0.993. The van der Waals surface area contributed by atoms with Crippen molar-refractivity contribution in [3.63, 3.8) is 0 Å². The van der Waals surface area contributed by atoms with Crippen LogP contribution in [-0.2, 0) is 4.79 Å². The quantitative estimate of drug-likeness (QED) is 0.378. The Kier molecular flexibility index (Phi) is 6.42. The molecule has 0 aliphatic carbocycles. The number of H-pyrrole nitrogens is 1. The minimum atomic E-state index is -0.631. The number of β-amino-alcohol motifs (C(OH)–C–C–N with tert-alkyl or cyclic N) is 1. The summed E-state index contributed by atoms with van der Waals surface area (Å²) in [7, 11) is 0. The molecule has 1 saturated heterocycles. The predicted octanol–water partition coefficient (Wildman–Crippen LogP) is 3.65. The Morgan fingerprint density at radius 1 is 1.00 bits per heavy atom. The maximum absolute atomic E-state index is 12.7. The van der Waals surface area contributed by atoms with E-state index in [0.717, 1.165) is 38.9 Å². The highest BCUT2D eigenvalue weighted by Crippen LogP contribution is 2.34. The topological polar surface area (TPSA) is 87.3 Å². The van der Waals surface area contributed by atoms with Crippen LogP contribution in [0.4, 0.5) is 0 Å². The van der Waals surface area contributed by atoms with Gasteiger partial charge in [0.15, 0.2) is 11.5 Å². The van der Waals surface area contributed by atoms with E-state index in [1.807, 2.05) is 59.5 Å². The van der Waals surface area contributed by atoms with Crippen molar-refractivity contribution >= 4 is 33.8 Å². The molecule has 190 valence electrons. The molecule has 1 unspecified atom stereocenters. The molecule has 0 spiro atoms. The van der Waals surface area contributed by atoms with Crippen molar-refractivity contribution in [2.45, 2.75) is 6.10 Å². The average Bonchev–Trinajstić information content (AvgIpc) is 3.55. The number of aromatic nitrogens is 1. The molecule has 6 rings (SSSR count). The largest absolute Gasteiger partial charge is 0.490 e. The molecule has 0 radical (unpaired) electrons. The number of nitrogens with zero attached hydrogens (tertiary/aromatic N) is 2. The van der Waals surface area contributed by atoms with Crippen LogP contribution in [0.1, 0.15) is 5.56 Å². The molecular formula is C29H29N3O5. The number of nitrogens with one attached hydrogen (secondary N) is 1. The van der Waals surface area contributed by atoms with E-state index < -0.39 is 6.10 Å². The first-order valence-electron chi connectivity index (χ1n) is 12.5. The molecule has 1 amide bonds. The SMILES string of the molecule is O=C(C=Cc1ccc2c(c1)OCO2)N1CCN(CC(O)COc2cccc3[nH]c4ccccc4c23)CC1. The highest BCUT2D eigenvalue weighted by molar-refractivity contribution is 6.10. The number of aliphatic hydroxyl groups is 1. The van der Waals surface area contributed by atoms with E-state index >= 15 is 0 Å². The second kappa shape index (κ2) is 10.2. The van der Waals surface area contributed by atoms with Crippen molar-refractivity contribution < 1.29 is 24.1 Å². The summed E-state index contributed by atoms with van der Waals surface area (Å²) in [5.41, 5.74) is 2.97. The summed E-state index contributed by atoms with van der Waals surface area (Å²) in [6, 6.07) is 19.7. The minimum Gasteiger partial charge on any atom is -0.490 e. The van der Waals surface area contributed by atoms with Crippen LogP contribution in [0, 0.1) is 0 Å². The molecule has 3 heterocycles. The zero-order chi connectivity index (χ0) is 25.2.